The zero-order chi connectivity index (χ0) is 11.8. The van der Waals surface area contributed by atoms with Crippen LogP contribution >= 0.6 is 15.9 Å². The number of fused-ring (bicyclic) bond motifs is 1. The van der Waals surface area contributed by atoms with Crippen molar-refractivity contribution in [3.63, 3.8) is 0 Å². The standard InChI is InChI=1S/C12H9BrN4/c1-17-12-8(4-3-7-14-12)11(16-17)9-5-2-6-10(13)15-9/h2-7H,1H3. The molecule has 0 aromatic carbocycles. The van der Waals surface area contributed by atoms with E-state index in [2.05, 4.69) is 31.0 Å². The Balaban J connectivity index is 2.31. The Bertz CT molecular complexity index is 690. The molecule has 0 saturated heterocycles. The molecule has 0 spiro atoms. The van der Waals surface area contributed by atoms with Crippen LogP contribution in [0.4, 0.5) is 0 Å². The van der Waals surface area contributed by atoms with Crippen LogP contribution in [0.15, 0.2) is 41.1 Å². The Hall–Kier alpha value is -1.75. The highest BCUT2D eigenvalue weighted by Gasteiger charge is 2.11. The molecule has 17 heavy (non-hydrogen) atoms. The van der Waals surface area contributed by atoms with Gasteiger partial charge in [0.25, 0.3) is 0 Å². The molecule has 5 heteroatoms. The fourth-order valence-electron chi connectivity index (χ4n) is 1.82. The predicted octanol–water partition coefficient (Wildman–Crippen LogP) is 2.79. The van der Waals surface area contributed by atoms with Crippen LogP contribution in [0.1, 0.15) is 0 Å². The summed E-state index contributed by atoms with van der Waals surface area (Å²) in [6.45, 7) is 0. The van der Waals surface area contributed by atoms with E-state index < -0.39 is 0 Å². The second kappa shape index (κ2) is 3.92. The molecule has 0 N–H and O–H groups in total. The highest BCUT2D eigenvalue weighted by atomic mass is 79.9. The Kier molecular flexibility index (Phi) is 2.40. The summed E-state index contributed by atoms with van der Waals surface area (Å²) in [6.07, 6.45) is 1.77. The van der Waals surface area contributed by atoms with Crippen LogP contribution < -0.4 is 0 Å². The van der Waals surface area contributed by atoms with Crippen molar-refractivity contribution in [1.82, 2.24) is 19.7 Å². The molecule has 4 nitrogen and oxygen atoms in total. The third kappa shape index (κ3) is 1.72. The predicted molar refractivity (Wildman–Crippen MR) is 69.4 cm³/mol. The summed E-state index contributed by atoms with van der Waals surface area (Å²) in [6, 6.07) is 9.70. The first-order chi connectivity index (χ1) is 8.25. The average molecular weight is 289 g/mol. The van der Waals surface area contributed by atoms with Crippen molar-refractivity contribution in [2.75, 3.05) is 0 Å². The van der Waals surface area contributed by atoms with E-state index in [-0.39, 0.29) is 0 Å². The van der Waals surface area contributed by atoms with Gasteiger partial charge in [-0.3, -0.25) is 0 Å². The van der Waals surface area contributed by atoms with Crippen LogP contribution in [0.25, 0.3) is 22.4 Å². The number of halogens is 1. The molecule has 0 fully saturated rings. The van der Waals surface area contributed by atoms with Gasteiger partial charge in [-0.1, -0.05) is 6.07 Å². The number of aromatic nitrogens is 4. The Morgan fingerprint density at radius 3 is 2.88 bits per heavy atom. The summed E-state index contributed by atoms with van der Waals surface area (Å²) in [5.41, 5.74) is 2.57. The summed E-state index contributed by atoms with van der Waals surface area (Å²) in [5, 5.41) is 5.49. The maximum absolute atomic E-state index is 4.47. The summed E-state index contributed by atoms with van der Waals surface area (Å²) in [5.74, 6) is 0. The molecule has 0 unspecified atom stereocenters. The number of hydrogen-bond donors (Lipinski definition) is 0. The van der Waals surface area contributed by atoms with E-state index in [0.29, 0.717) is 0 Å². The lowest BCUT2D eigenvalue weighted by Gasteiger charge is -1.97. The highest BCUT2D eigenvalue weighted by molar-refractivity contribution is 9.10. The lowest BCUT2D eigenvalue weighted by atomic mass is 10.2. The number of aryl methyl sites for hydroxylation is 1. The topological polar surface area (TPSA) is 43.6 Å². The Morgan fingerprint density at radius 1 is 1.18 bits per heavy atom. The third-order valence-corrected chi connectivity index (χ3v) is 3.00. The number of rotatable bonds is 1. The second-order valence-corrected chi connectivity index (χ2v) is 4.50. The lowest BCUT2D eigenvalue weighted by Crippen LogP contribution is -1.91. The van der Waals surface area contributed by atoms with Gasteiger partial charge in [0.2, 0.25) is 0 Å². The van der Waals surface area contributed by atoms with E-state index in [1.54, 1.807) is 10.9 Å². The van der Waals surface area contributed by atoms with Gasteiger partial charge in [0.15, 0.2) is 5.65 Å². The van der Waals surface area contributed by atoms with Gasteiger partial charge in [-0.2, -0.15) is 5.10 Å². The molecular weight excluding hydrogens is 280 g/mol. The van der Waals surface area contributed by atoms with E-state index in [4.69, 9.17) is 0 Å². The maximum atomic E-state index is 4.47. The normalized spacial score (nSPS) is 10.9. The van der Waals surface area contributed by atoms with E-state index in [1.165, 1.54) is 0 Å². The van der Waals surface area contributed by atoms with Crippen LogP contribution in [-0.4, -0.2) is 19.7 Å². The average Bonchev–Trinajstić information content (AvgIpc) is 2.68. The van der Waals surface area contributed by atoms with E-state index in [9.17, 15) is 0 Å². The molecule has 84 valence electrons. The minimum Gasteiger partial charge on any atom is -0.250 e. The summed E-state index contributed by atoms with van der Waals surface area (Å²) < 4.78 is 2.57. The molecule has 0 amide bonds. The number of pyridine rings is 2. The molecule has 0 atom stereocenters. The van der Waals surface area contributed by atoms with Crippen molar-refractivity contribution in [2.45, 2.75) is 0 Å². The van der Waals surface area contributed by atoms with Crippen molar-refractivity contribution in [3.05, 3.63) is 41.1 Å². The van der Waals surface area contributed by atoms with Crippen molar-refractivity contribution < 1.29 is 0 Å². The second-order valence-electron chi connectivity index (χ2n) is 3.69. The molecule has 0 bridgehead atoms. The first-order valence-corrected chi connectivity index (χ1v) is 5.95. The lowest BCUT2D eigenvalue weighted by molar-refractivity contribution is 0.788. The van der Waals surface area contributed by atoms with Gasteiger partial charge >= 0.3 is 0 Å². The molecule has 0 aliphatic carbocycles. The van der Waals surface area contributed by atoms with Gasteiger partial charge in [0, 0.05) is 18.6 Å². The van der Waals surface area contributed by atoms with Crippen LogP contribution in [0.5, 0.6) is 0 Å². The fraction of sp³-hybridized carbons (Fsp3) is 0.0833. The summed E-state index contributed by atoms with van der Waals surface area (Å²) >= 11 is 3.37. The van der Waals surface area contributed by atoms with Gasteiger partial charge in [-0.05, 0) is 40.2 Å². The number of hydrogen-bond acceptors (Lipinski definition) is 3. The van der Waals surface area contributed by atoms with Crippen LogP contribution in [0, 0.1) is 0 Å². The molecule has 0 saturated carbocycles. The zero-order valence-electron chi connectivity index (χ0n) is 9.13. The van der Waals surface area contributed by atoms with E-state index >= 15 is 0 Å². The van der Waals surface area contributed by atoms with Crippen molar-refractivity contribution >= 4 is 27.0 Å². The first-order valence-electron chi connectivity index (χ1n) is 5.16. The van der Waals surface area contributed by atoms with Crippen LogP contribution in [0.3, 0.4) is 0 Å². The Labute approximate surface area is 106 Å². The monoisotopic (exact) mass is 288 g/mol. The SMILES string of the molecule is Cn1nc(-c2cccc(Br)n2)c2cccnc21. The molecule has 3 aromatic heterocycles. The highest BCUT2D eigenvalue weighted by Crippen LogP contribution is 2.25. The summed E-state index contributed by atoms with van der Waals surface area (Å²) in [4.78, 5) is 8.73. The largest absolute Gasteiger partial charge is 0.250 e. The molecule has 0 radical (unpaired) electrons. The van der Waals surface area contributed by atoms with Crippen molar-refractivity contribution in [1.29, 1.82) is 0 Å². The molecule has 3 heterocycles. The molecular formula is C12H9BrN4. The van der Waals surface area contributed by atoms with Gasteiger partial charge < -0.3 is 0 Å². The molecule has 3 aromatic rings. The van der Waals surface area contributed by atoms with E-state index in [1.807, 2.05) is 37.4 Å². The Morgan fingerprint density at radius 2 is 2.06 bits per heavy atom. The molecule has 0 aliphatic rings. The van der Waals surface area contributed by atoms with Gasteiger partial charge in [0.1, 0.15) is 10.3 Å². The minimum atomic E-state index is 0.803. The fourth-order valence-corrected chi connectivity index (χ4v) is 2.16. The van der Waals surface area contributed by atoms with Crippen LogP contribution in [-0.2, 0) is 7.05 Å². The maximum Gasteiger partial charge on any atom is 0.158 e. The van der Waals surface area contributed by atoms with Crippen LogP contribution in [0.2, 0.25) is 0 Å². The minimum absolute atomic E-state index is 0.803. The smallest absolute Gasteiger partial charge is 0.158 e. The van der Waals surface area contributed by atoms with Gasteiger partial charge in [-0.15, -0.1) is 0 Å². The third-order valence-electron chi connectivity index (χ3n) is 2.56. The zero-order valence-corrected chi connectivity index (χ0v) is 10.7. The molecule has 3 rings (SSSR count). The molecule has 0 aliphatic heterocycles. The van der Waals surface area contributed by atoms with E-state index in [0.717, 1.165) is 27.0 Å². The van der Waals surface area contributed by atoms with Crippen molar-refractivity contribution in [2.24, 2.45) is 7.05 Å². The van der Waals surface area contributed by atoms with Gasteiger partial charge in [0.05, 0.1) is 5.69 Å². The number of nitrogens with zero attached hydrogens (tertiary/aromatic N) is 4. The van der Waals surface area contributed by atoms with Crippen molar-refractivity contribution in [3.8, 4) is 11.4 Å². The summed E-state index contributed by atoms with van der Waals surface area (Å²) in [7, 11) is 1.89. The first kappa shape index (κ1) is 10.4. The van der Waals surface area contributed by atoms with Gasteiger partial charge in [-0.25, -0.2) is 14.6 Å². The quantitative estimate of drug-likeness (QED) is 0.647.